The summed E-state index contributed by atoms with van der Waals surface area (Å²) in [5.41, 5.74) is 1.79. The number of pyridine rings is 1. The molecule has 2 heterocycles. The number of nitrogens with zero attached hydrogens (tertiary/aromatic N) is 2. The van der Waals surface area contributed by atoms with Crippen LogP contribution in [0.4, 0.5) is 11.4 Å². The fourth-order valence-electron chi connectivity index (χ4n) is 2.76. The van der Waals surface area contributed by atoms with Gasteiger partial charge in [0.2, 0.25) is 11.7 Å². The average molecular weight is 379 g/mol. The number of aromatic nitrogens is 2. The summed E-state index contributed by atoms with van der Waals surface area (Å²) in [5.74, 6) is -0.923. The lowest BCUT2D eigenvalue weighted by atomic mass is 10.2. The molecule has 0 atom stereocenters. The van der Waals surface area contributed by atoms with Gasteiger partial charge in [-0.15, -0.1) is 0 Å². The van der Waals surface area contributed by atoms with Crippen LogP contribution < -0.4 is 16.0 Å². The molecule has 3 rings (SSSR count). The van der Waals surface area contributed by atoms with E-state index >= 15 is 0 Å². The number of hydrogen-bond acceptors (Lipinski definition) is 4. The summed E-state index contributed by atoms with van der Waals surface area (Å²) in [6, 6.07) is 12.0. The number of fused-ring (bicyclic) bond motifs is 1. The first-order valence-corrected chi connectivity index (χ1v) is 8.82. The Hall–Kier alpha value is -3.68. The van der Waals surface area contributed by atoms with E-state index in [1.165, 1.54) is 6.92 Å². The second-order valence-electron chi connectivity index (χ2n) is 6.58. The minimum Gasteiger partial charge on any atom is -0.348 e. The summed E-state index contributed by atoms with van der Waals surface area (Å²) in [7, 11) is 0. The predicted molar refractivity (Wildman–Crippen MR) is 106 cm³/mol. The first-order chi connectivity index (χ1) is 13.3. The average Bonchev–Trinajstić information content (AvgIpc) is 3.01. The van der Waals surface area contributed by atoms with Crippen LogP contribution in [0.1, 0.15) is 41.9 Å². The van der Waals surface area contributed by atoms with E-state index in [0.717, 1.165) is 0 Å². The SMILES string of the molecule is CC(=O)Nc1cccc(NC(=O)c2nc(C(=O)NC(C)C)c3ccccn23)c1. The lowest BCUT2D eigenvalue weighted by Crippen LogP contribution is -2.30. The first-order valence-electron chi connectivity index (χ1n) is 8.82. The second kappa shape index (κ2) is 7.91. The maximum Gasteiger partial charge on any atom is 0.292 e. The molecule has 0 radical (unpaired) electrons. The third-order valence-corrected chi connectivity index (χ3v) is 3.83. The topological polar surface area (TPSA) is 105 Å². The molecule has 0 saturated heterocycles. The minimum absolute atomic E-state index is 0.0539. The fourth-order valence-corrected chi connectivity index (χ4v) is 2.76. The van der Waals surface area contributed by atoms with Crippen molar-refractivity contribution < 1.29 is 14.4 Å². The molecule has 0 bridgehead atoms. The molecule has 144 valence electrons. The van der Waals surface area contributed by atoms with E-state index in [-0.39, 0.29) is 29.4 Å². The zero-order chi connectivity index (χ0) is 20.3. The van der Waals surface area contributed by atoms with E-state index in [1.807, 2.05) is 13.8 Å². The molecule has 28 heavy (non-hydrogen) atoms. The molecule has 1 aromatic carbocycles. The number of nitrogens with one attached hydrogen (secondary N) is 3. The van der Waals surface area contributed by atoms with E-state index in [9.17, 15) is 14.4 Å². The Morgan fingerprint density at radius 3 is 2.36 bits per heavy atom. The number of carbonyl (C=O) groups excluding carboxylic acids is 3. The van der Waals surface area contributed by atoms with Crippen molar-refractivity contribution in [2.24, 2.45) is 0 Å². The Labute approximate surface area is 162 Å². The zero-order valence-electron chi connectivity index (χ0n) is 15.8. The summed E-state index contributed by atoms with van der Waals surface area (Å²) in [6.45, 7) is 5.11. The highest BCUT2D eigenvalue weighted by molar-refractivity contribution is 6.06. The van der Waals surface area contributed by atoms with Crippen LogP contribution in [0.25, 0.3) is 5.52 Å². The molecule has 2 aromatic heterocycles. The van der Waals surface area contributed by atoms with Crippen molar-refractivity contribution in [3.63, 3.8) is 0 Å². The Kier molecular flexibility index (Phi) is 5.39. The standard InChI is InChI=1S/C20H21N5O3/c1-12(2)21-19(27)17-16-9-4-5-10-25(16)18(24-17)20(28)23-15-8-6-7-14(11-15)22-13(3)26/h4-12H,1-3H3,(H,21,27)(H,22,26)(H,23,28). The summed E-state index contributed by atoms with van der Waals surface area (Å²) < 4.78 is 1.57. The summed E-state index contributed by atoms with van der Waals surface area (Å²) >= 11 is 0. The van der Waals surface area contributed by atoms with E-state index in [4.69, 9.17) is 0 Å². The maximum absolute atomic E-state index is 12.8. The molecule has 8 heteroatoms. The van der Waals surface area contributed by atoms with Gasteiger partial charge in [0, 0.05) is 30.5 Å². The van der Waals surface area contributed by atoms with E-state index in [2.05, 4.69) is 20.9 Å². The smallest absolute Gasteiger partial charge is 0.292 e. The van der Waals surface area contributed by atoms with Crippen LogP contribution in [0.2, 0.25) is 0 Å². The van der Waals surface area contributed by atoms with Crippen LogP contribution in [0.3, 0.4) is 0 Å². The van der Waals surface area contributed by atoms with Gasteiger partial charge in [-0.1, -0.05) is 12.1 Å². The van der Waals surface area contributed by atoms with Gasteiger partial charge in [-0.3, -0.25) is 18.8 Å². The lowest BCUT2D eigenvalue weighted by Gasteiger charge is -2.07. The van der Waals surface area contributed by atoms with Gasteiger partial charge in [0.15, 0.2) is 5.69 Å². The number of anilines is 2. The van der Waals surface area contributed by atoms with Crippen LogP contribution >= 0.6 is 0 Å². The van der Waals surface area contributed by atoms with Crippen molar-refractivity contribution in [1.29, 1.82) is 0 Å². The number of hydrogen-bond donors (Lipinski definition) is 3. The highest BCUT2D eigenvalue weighted by atomic mass is 16.2. The van der Waals surface area contributed by atoms with Gasteiger partial charge in [-0.2, -0.15) is 0 Å². The Morgan fingerprint density at radius 1 is 0.964 bits per heavy atom. The van der Waals surface area contributed by atoms with Gasteiger partial charge in [-0.25, -0.2) is 4.98 Å². The number of imidazole rings is 1. The molecule has 3 N–H and O–H groups in total. The molecule has 0 spiro atoms. The fraction of sp³-hybridized carbons (Fsp3) is 0.200. The quantitative estimate of drug-likeness (QED) is 0.634. The van der Waals surface area contributed by atoms with Crippen LogP contribution in [0.15, 0.2) is 48.7 Å². The molecule has 0 unspecified atom stereocenters. The van der Waals surface area contributed by atoms with Crippen LogP contribution in [-0.2, 0) is 4.79 Å². The molecule has 0 aliphatic heterocycles. The van der Waals surface area contributed by atoms with Crippen molar-refractivity contribution in [1.82, 2.24) is 14.7 Å². The van der Waals surface area contributed by atoms with Crippen LogP contribution in [0.5, 0.6) is 0 Å². The van der Waals surface area contributed by atoms with E-state index in [0.29, 0.717) is 16.9 Å². The Bertz CT molecular complexity index is 1050. The third kappa shape index (κ3) is 4.17. The molecule has 3 amide bonds. The van der Waals surface area contributed by atoms with Gasteiger partial charge in [0.25, 0.3) is 11.8 Å². The van der Waals surface area contributed by atoms with Crippen molar-refractivity contribution in [3.05, 3.63) is 60.2 Å². The minimum atomic E-state index is -0.468. The highest BCUT2D eigenvalue weighted by Crippen LogP contribution is 2.18. The molecular weight excluding hydrogens is 358 g/mol. The molecule has 0 aliphatic rings. The van der Waals surface area contributed by atoms with Gasteiger partial charge in [-0.05, 0) is 44.2 Å². The van der Waals surface area contributed by atoms with Crippen molar-refractivity contribution in [2.75, 3.05) is 10.6 Å². The first kappa shape index (κ1) is 19.1. The molecule has 8 nitrogen and oxygen atoms in total. The normalized spacial score (nSPS) is 10.7. The van der Waals surface area contributed by atoms with E-state index < -0.39 is 5.91 Å². The lowest BCUT2D eigenvalue weighted by molar-refractivity contribution is -0.114. The van der Waals surface area contributed by atoms with Crippen molar-refractivity contribution in [2.45, 2.75) is 26.8 Å². The van der Waals surface area contributed by atoms with Gasteiger partial charge in [0.05, 0.1) is 5.52 Å². The summed E-state index contributed by atoms with van der Waals surface area (Å²) in [5, 5.41) is 8.20. The van der Waals surface area contributed by atoms with Crippen molar-refractivity contribution in [3.8, 4) is 0 Å². The largest absolute Gasteiger partial charge is 0.348 e. The predicted octanol–water partition coefficient (Wildman–Crippen LogP) is 2.68. The van der Waals surface area contributed by atoms with Gasteiger partial charge < -0.3 is 16.0 Å². The molecule has 3 aromatic rings. The Morgan fingerprint density at radius 2 is 1.68 bits per heavy atom. The number of benzene rings is 1. The monoisotopic (exact) mass is 379 g/mol. The van der Waals surface area contributed by atoms with Crippen molar-refractivity contribution >= 4 is 34.6 Å². The molecule has 0 aliphatic carbocycles. The van der Waals surface area contributed by atoms with Gasteiger partial charge in [0.1, 0.15) is 0 Å². The second-order valence-corrected chi connectivity index (χ2v) is 6.58. The molecule has 0 saturated carbocycles. The number of carbonyl (C=O) groups is 3. The molecular formula is C20H21N5O3. The van der Waals surface area contributed by atoms with Crippen LogP contribution in [0, 0.1) is 0 Å². The third-order valence-electron chi connectivity index (χ3n) is 3.83. The zero-order valence-corrected chi connectivity index (χ0v) is 15.8. The highest BCUT2D eigenvalue weighted by Gasteiger charge is 2.22. The number of rotatable bonds is 5. The van der Waals surface area contributed by atoms with Crippen LogP contribution in [-0.4, -0.2) is 33.1 Å². The number of amides is 3. The maximum atomic E-state index is 12.8. The molecule has 0 fully saturated rings. The summed E-state index contributed by atoms with van der Waals surface area (Å²) in [6.07, 6.45) is 1.68. The van der Waals surface area contributed by atoms with E-state index in [1.54, 1.807) is 53.1 Å². The summed E-state index contributed by atoms with van der Waals surface area (Å²) in [4.78, 5) is 40.7. The Balaban J connectivity index is 1.92. The van der Waals surface area contributed by atoms with Gasteiger partial charge >= 0.3 is 0 Å².